The van der Waals surface area contributed by atoms with Gasteiger partial charge in [0.2, 0.25) is 0 Å². The molecule has 11 heavy (non-hydrogen) atoms. The Hall–Kier alpha value is -0.900. The Morgan fingerprint density at radius 1 is 1.82 bits per heavy atom. The molecule has 0 radical (unpaired) electrons. The largest absolute Gasteiger partial charge is 0.390 e. The minimum absolute atomic E-state index is 0.367. The Balaban J connectivity index is 2.90. The molecule has 1 heterocycles. The number of aliphatic imine (C=N–C) groups is 1. The van der Waals surface area contributed by atoms with Crippen LogP contribution in [-0.4, -0.2) is 11.2 Å². The molecule has 0 aromatic carbocycles. The van der Waals surface area contributed by atoms with Crippen LogP contribution in [0.15, 0.2) is 16.4 Å². The predicted molar refractivity (Wildman–Crippen MR) is 50.3 cm³/mol. The highest BCUT2D eigenvalue weighted by atomic mass is 32.1. The van der Waals surface area contributed by atoms with Crippen molar-refractivity contribution in [1.29, 1.82) is 0 Å². The highest BCUT2D eigenvalue weighted by Gasteiger charge is 2.14. The molecule has 4 N–H and O–H groups in total. The fraction of sp³-hybridized carbons (Fsp3) is 0.429. The van der Waals surface area contributed by atoms with E-state index in [0.717, 1.165) is 12.0 Å². The van der Waals surface area contributed by atoms with Gasteiger partial charge in [-0.2, -0.15) is 0 Å². The Morgan fingerprint density at radius 3 is 2.91 bits per heavy atom. The number of hydrogen-bond acceptors (Lipinski definition) is 3. The molecule has 1 aliphatic heterocycles. The number of thiocarbonyl (C=S) groups is 1. The van der Waals surface area contributed by atoms with Crippen molar-refractivity contribution >= 4 is 23.4 Å². The second-order valence-corrected chi connectivity index (χ2v) is 3.13. The fourth-order valence-corrected chi connectivity index (χ4v) is 1.18. The van der Waals surface area contributed by atoms with E-state index >= 15 is 0 Å². The first-order chi connectivity index (χ1) is 5.11. The molecule has 0 spiro atoms. The van der Waals surface area contributed by atoms with Gasteiger partial charge in [0.15, 0.2) is 0 Å². The Morgan fingerprint density at radius 2 is 2.45 bits per heavy atom. The molecule has 1 rings (SSSR count). The van der Waals surface area contributed by atoms with Crippen molar-refractivity contribution in [3.63, 3.8) is 0 Å². The standard InChI is InChI=1S/C7H11N3S/c1-4-2-5(7(9)11)6(8)10-3-4/h3-4H,2,8H2,1H3,(H2,9,11). The molecule has 1 unspecified atom stereocenters. The van der Waals surface area contributed by atoms with Crippen LogP contribution in [0.5, 0.6) is 0 Å². The zero-order valence-electron chi connectivity index (χ0n) is 6.37. The van der Waals surface area contributed by atoms with Crippen LogP contribution in [0.25, 0.3) is 0 Å². The van der Waals surface area contributed by atoms with E-state index in [1.807, 2.05) is 13.1 Å². The summed E-state index contributed by atoms with van der Waals surface area (Å²) in [6, 6.07) is 0. The van der Waals surface area contributed by atoms with Crippen molar-refractivity contribution in [2.75, 3.05) is 0 Å². The average molecular weight is 169 g/mol. The van der Waals surface area contributed by atoms with Crippen LogP contribution in [0.4, 0.5) is 0 Å². The van der Waals surface area contributed by atoms with Crippen molar-refractivity contribution in [3.05, 3.63) is 11.4 Å². The van der Waals surface area contributed by atoms with E-state index in [1.165, 1.54) is 0 Å². The summed E-state index contributed by atoms with van der Waals surface area (Å²) in [5.74, 6) is 0.856. The van der Waals surface area contributed by atoms with Gasteiger partial charge in [-0.3, -0.25) is 0 Å². The van der Waals surface area contributed by atoms with Crippen LogP contribution in [0.2, 0.25) is 0 Å². The van der Waals surface area contributed by atoms with Gasteiger partial charge in [0.25, 0.3) is 0 Å². The van der Waals surface area contributed by atoms with E-state index in [0.29, 0.717) is 16.7 Å². The fourth-order valence-electron chi connectivity index (χ4n) is 0.992. The molecule has 0 amide bonds. The molecule has 0 aromatic rings. The Kier molecular flexibility index (Phi) is 2.24. The Labute approximate surface area is 71.2 Å². The van der Waals surface area contributed by atoms with Gasteiger partial charge >= 0.3 is 0 Å². The smallest absolute Gasteiger partial charge is 0.129 e. The molecular formula is C7H11N3S. The molecule has 0 bridgehead atoms. The summed E-state index contributed by atoms with van der Waals surface area (Å²) in [6.45, 7) is 2.05. The van der Waals surface area contributed by atoms with E-state index in [-0.39, 0.29) is 0 Å². The second kappa shape index (κ2) is 3.00. The summed E-state index contributed by atoms with van der Waals surface area (Å²) in [7, 11) is 0. The van der Waals surface area contributed by atoms with Crippen molar-refractivity contribution in [3.8, 4) is 0 Å². The van der Waals surface area contributed by atoms with Gasteiger partial charge in [0.1, 0.15) is 10.8 Å². The molecule has 0 saturated heterocycles. The first kappa shape index (κ1) is 8.20. The van der Waals surface area contributed by atoms with Crippen molar-refractivity contribution in [1.82, 2.24) is 0 Å². The lowest BCUT2D eigenvalue weighted by atomic mass is 10.00. The molecule has 1 atom stereocenters. The highest BCUT2D eigenvalue weighted by molar-refractivity contribution is 7.80. The number of nitrogens with zero attached hydrogens (tertiary/aromatic N) is 1. The van der Waals surface area contributed by atoms with Gasteiger partial charge in [-0.1, -0.05) is 19.1 Å². The molecule has 3 nitrogen and oxygen atoms in total. The topological polar surface area (TPSA) is 64.4 Å². The normalized spacial score (nSPS) is 23.9. The van der Waals surface area contributed by atoms with E-state index < -0.39 is 0 Å². The Bertz CT molecular complexity index is 242. The molecule has 0 aliphatic carbocycles. The SMILES string of the molecule is CC1C=NC(N)=C(C(N)=S)C1. The second-order valence-electron chi connectivity index (χ2n) is 2.69. The lowest BCUT2D eigenvalue weighted by Crippen LogP contribution is -2.21. The van der Waals surface area contributed by atoms with E-state index in [4.69, 9.17) is 23.7 Å². The van der Waals surface area contributed by atoms with Crippen molar-refractivity contribution < 1.29 is 0 Å². The van der Waals surface area contributed by atoms with E-state index in [1.54, 1.807) is 0 Å². The lowest BCUT2D eigenvalue weighted by Gasteiger charge is -2.14. The van der Waals surface area contributed by atoms with E-state index in [2.05, 4.69) is 4.99 Å². The molecule has 60 valence electrons. The average Bonchev–Trinajstić information content (AvgIpc) is 1.94. The van der Waals surface area contributed by atoms with Gasteiger partial charge in [-0.15, -0.1) is 0 Å². The maximum Gasteiger partial charge on any atom is 0.129 e. The predicted octanol–water partition coefficient (Wildman–Crippen LogP) is 0.553. The summed E-state index contributed by atoms with van der Waals surface area (Å²) in [4.78, 5) is 4.35. The minimum Gasteiger partial charge on any atom is -0.390 e. The number of hydrogen-bond donors (Lipinski definition) is 2. The third-order valence-corrected chi connectivity index (χ3v) is 1.85. The summed E-state index contributed by atoms with van der Waals surface area (Å²) >= 11 is 4.81. The van der Waals surface area contributed by atoms with Crippen molar-refractivity contribution in [2.45, 2.75) is 13.3 Å². The quantitative estimate of drug-likeness (QED) is 0.563. The maximum absolute atomic E-state index is 5.56. The minimum atomic E-state index is 0.367. The van der Waals surface area contributed by atoms with Gasteiger partial charge in [-0.05, 0) is 12.3 Å². The van der Waals surface area contributed by atoms with Crippen LogP contribution in [0.3, 0.4) is 0 Å². The molecule has 1 aliphatic rings. The van der Waals surface area contributed by atoms with Crippen LogP contribution in [-0.2, 0) is 0 Å². The zero-order valence-corrected chi connectivity index (χ0v) is 7.19. The first-order valence-electron chi connectivity index (χ1n) is 3.44. The summed E-state index contributed by atoms with van der Waals surface area (Å²) in [5.41, 5.74) is 11.8. The summed E-state index contributed by atoms with van der Waals surface area (Å²) in [5, 5.41) is 0. The van der Waals surface area contributed by atoms with Crippen LogP contribution in [0.1, 0.15) is 13.3 Å². The molecule has 0 aromatic heterocycles. The van der Waals surface area contributed by atoms with Crippen LogP contribution >= 0.6 is 12.2 Å². The first-order valence-corrected chi connectivity index (χ1v) is 3.84. The molecule has 0 saturated carbocycles. The molecule has 0 fully saturated rings. The van der Waals surface area contributed by atoms with Crippen LogP contribution in [0, 0.1) is 5.92 Å². The van der Waals surface area contributed by atoms with Gasteiger partial charge in [0.05, 0.1) is 0 Å². The van der Waals surface area contributed by atoms with Crippen molar-refractivity contribution in [2.24, 2.45) is 22.4 Å². The lowest BCUT2D eigenvalue weighted by molar-refractivity contribution is 0.765. The monoisotopic (exact) mass is 169 g/mol. The molecule has 4 heteroatoms. The van der Waals surface area contributed by atoms with Gasteiger partial charge in [-0.25, -0.2) is 4.99 Å². The summed E-state index contributed by atoms with van der Waals surface area (Å²) < 4.78 is 0. The number of nitrogens with two attached hydrogens (primary N) is 2. The highest BCUT2D eigenvalue weighted by Crippen LogP contribution is 2.17. The van der Waals surface area contributed by atoms with Crippen LogP contribution < -0.4 is 11.5 Å². The zero-order chi connectivity index (χ0) is 8.43. The molecular weight excluding hydrogens is 158 g/mol. The van der Waals surface area contributed by atoms with Gasteiger partial charge in [0, 0.05) is 11.8 Å². The number of rotatable bonds is 1. The third kappa shape index (κ3) is 1.77. The maximum atomic E-state index is 5.56. The summed E-state index contributed by atoms with van der Waals surface area (Å²) in [6.07, 6.45) is 2.63. The third-order valence-electron chi connectivity index (χ3n) is 1.60. The van der Waals surface area contributed by atoms with Gasteiger partial charge < -0.3 is 11.5 Å². The van der Waals surface area contributed by atoms with E-state index in [9.17, 15) is 0 Å².